The summed E-state index contributed by atoms with van der Waals surface area (Å²) in [4.78, 5) is 35.6. The number of hydrogen-bond donors (Lipinski definition) is 3. The second kappa shape index (κ2) is 10.1. The molecule has 0 saturated carbocycles. The number of carbonyl (C=O) groups excluding carboxylic acids is 2. The number of benzene rings is 1. The zero-order chi connectivity index (χ0) is 21.4. The van der Waals surface area contributed by atoms with Crippen molar-refractivity contribution in [1.29, 1.82) is 0 Å². The normalized spacial score (nSPS) is 12.2. The van der Waals surface area contributed by atoms with Gasteiger partial charge in [0.15, 0.2) is 0 Å². The van der Waals surface area contributed by atoms with Crippen LogP contribution in [0.25, 0.3) is 0 Å². The van der Waals surface area contributed by atoms with Crippen molar-refractivity contribution < 1.29 is 32.7 Å². The number of thiophene rings is 1. The van der Waals surface area contributed by atoms with Gasteiger partial charge >= 0.3 is 12.1 Å². The Morgan fingerprint density at radius 2 is 1.72 bits per heavy atom. The van der Waals surface area contributed by atoms with E-state index in [1.165, 1.54) is 35.6 Å². The molecule has 2 aromatic rings. The van der Waals surface area contributed by atoms with Crippen LogP contribution in [0.5, 0.6) is 0 Å². The summed E-state index contributed by atoms with van der Waals surface area (Å²) in [5.41, 5.74) is 0.930. The van der Waals surface area contributed by atoms with Gasteiger partial charge in [-0.2, -0.15) is 13.2 Å². The lowest BCUT2D eigenvalue weighted by atomic mass is 9.99. The molecule has 0 radical (unpaired) electrons. The van der Waals surface area contributed by atoms with Crippen molar-refractivity contribution in [2.45, 2.75) is 31.4 Å². The molecular formula is C19H19F3N2O4S. The predicted molar refractivity (Wildman–Crippen MR) is 102 cm³/mol. The Bertz CT molecular complexity index is 836. The number of alkyl halides is 3. The van der Waals surface area contributed by atoms with E-state index in [-0.39, 0.29) is 25.2 Å². The van der Waals surface area contributed by atoms with Gasteiger partial charge in [0.25, 0.3) is 0 Å². The number of anilines is 1. The Hall–Kier alpha value is -2.88. The molecule has 1 atom stereocenters. The van der Waals surface area contributed by atoms with E-state index in [0.717, 1.165) is 4.88 Å². The molecule has 0 bridgehead atoms. The zero-order valence-corrected chi connectivity index (χ0v) is 16.0. The van der Waals surface area contributed by atoms with Crippen LogP contribution in [0.3, 0.4) is 0 Å². The van der Waals surface area contributed by atoms with Crippen molar-refractivity contribution in [1.82, 2.24) is 5.32 Å². The van der Waals surface area contributed by atoms with E-state index in [2.05, 4.69) is 5.32 Å². The molecule has 10 heteroatoms. The molecule has 6 nitrogen and oxygen atoms in total. The fourth-order valence-electron chi connectivity index (χ4n) is 2.60. The van der Waals surface area contributed by atoms with Crippen LogP contribution in [-0.4, -0.2) is 35.6 Å². The molecule has 0 aliphatic carbocycles. The number of nitrogens with one attached hydrogen (secondary N) is 2. The molecule has 0 fully saturated rings. The largest absolute Gasteiger partial charge is 0.481 e. The van der Waals surface area contributed by atoms with Crippen molar-refractivity contribution in [3.8, 4) is 0 Å². The summed E-state index contributed by atoms with van der Waals surface area (Å²) < 4.78 is 36.3. The van der Waals surface area contributed by atoms with E-state index in [1.807, 2.05) is 5.38 Å². The lowest BCUT2D eigenvalue weighted by molar-refractivity contribution is -0.138. The standard InChI is InChI=1S/C19H19F3N2O4S/c20-19(21,22)11-23-16(25)8-12-3-5-14(6-4-12)24-17(26)9-13(10-18(27)28)15-2-1-7-29-15/h1-7,13H,8-11H2,(H,23,25)(H,24,26)(H,27,28)/t13-/m1/s1. The Morgan fingerprint density at radius 1 is 1.03 bits per heavy atom. The molecule has 2 rings (SSSR count). The van der Waals surface area contributed by atoms with Gasteiger partial charge in [0.1, 0.15) is 6.54 Å². The topological polar surface area (TPSA) is 95.5 Å². The lowest BCUT2D eigenvalue weighted by Crippen LogP contribution is -2.34. The van der Waals surface area contributed by atoms with Crippen molar-refractivity contribution in [3.63, 3.8) is 0 Å². The van der Waals surface area contributed by atoms with Gasteiger partial charge in [0.05, 0.1) is 12.8 Å². The van der Waals surface area contributed by atoms with E-state index in [0.29, 0.717) is 11.3 Å². The van der Waals surface area contributed by atoms with Gasteiger partial charge in [-0.25, -0.2) is 0 Å². The average Bonchev–Trinajstić information content (AvgIpc) is 3.15. The molecule has 0 spiro atoms. The minimum atomic E-state index is -4.47. The molecule has 156 valence electrons. The first kappa shape index (κ1) is 22.4. The SMILES string of the molecule is O=C(O)C[C@@H](CC(=O)Nc1ccc(CC(=O)NCC(F)(F)F)cc1)c1cccs1. The highest BCUT2D eigenvalue weighted by atomic mass is 32.1. The van der Waals surface area contributed by atoms with E-state index in [1.54, 1.807) is 17.4 Å². The Labute approximate surface area is 168 Å². The third-order valence-corrected chi connectivity index (χ3v) is 4.92. The van der Waals surface area contributed by atoms with Gasteiger partial charge < -0.3 is 15.7 Å². The first-order chi connectivity index (χ1) is 13.6. The van der Waals surface area contributed by atoms with Crippen LogP contribution in [0.4, 0.5) is 18.9 Å². The fraction of sp³-hybridized carbons (Fsp3) is 0.316. The number of aliphatic carboxylic acids is 1. The summed E-state index contributed by atoms with van der Waals surface area (Å²) in [6.45, 7) is -1.39. The van der Waals surface area contributed by atoms with Crippen molar-refractivity contribution in [2.24, 2.45) is 0 Å². The molecular weight excluding hydrogens is 409 g/mol. The second-order valence-electron chi connectivity index (χ2n) is 6.33. The highest BCUT2D eigenvalue weighted by Crippen LogP contribution is 2.28. The summed E-state index contributed by atoms with van der Waals surface area (Å²) in [5, 5.41) is 15.3. The highest BCUT2D eigenvalue weighted by Gasteiger charge is 2.27. The van der Waals surface area contributed by atoms with E-state index in [4.69, 9.17) is 5.11 Å². The van der Waals surface area contributed by atoms with Crippen LogP contribution in [0.1, 0.15) is 29.2 Å². The highest BCUT2D eigenvalue weighted by molar-refractivity contribution is 7.10. The molecule has 0 unspecified atom stereocenters. The maximum atomic E-state index is 12.3. The van der Waals surface area contributed by atoms with E-state index >= 15 is 0 Å². The Balaban J connectivity index is 1.89. The van der Waals surface area contributed by atoms with E-state index in [9.17, 15) is 27.6 Å². The van der Waals surface area contributed by atoms with Crippen LogP contribution in [0.2, 0.25) is 0 Å². The Kier molecular flexibility index (Phi) is 7.77. The number of carbonyl (C=O) groups is 3. The van der Waals surface area contributed by atoms with E-state index < -0.39 is 30.5 Å². The van der Waals surface area contributed by atoms with Gasteiger partial charge in [-0.1, -0.05) is 18.2 Å². The maximum absolute atomic E-state index is 12.3. The molecule has 3 N–H and O–H groups in total. The molecule has 0 aliphatic heterocycles. The summed E-state index contributed by atoms with van der Waals surface area (Å²) in [6.07, 6.45) is -4.86. The first-order valence-electron chi connectivity index (χ1n) is 8.60. The number of carboxylic acid groups (broad SMARTS) is 1. The van der Waals surface area contributed by atoms with Gasteiger partial charge in [-0.05, 0) is 29.1 Å². The van der Waals surface area contributed by atoms with Crippen molar-refractivity contribution in [3.05, 3.63) is 52.2 Å². The maximum Gasteiger partial charge on any atom is 0.405 e. The van der Waals surface area contributed by atoms with Crippen molar-refractivity contribution >= 4 is 34.8 Å². The predicted octanol–water partition coefficient (Wildman–Crippen LogP) is 3.56. The second-order valence-corrected chi connectivity index (χ2v) is 7.31. The zero-order valence-electron chi connectivity index (χ0n) is 15.2. The number of carboxylic acids is 1. The molecule has 0 saturated heterocycles. The van der Waals surface area contributed by atoms with Crippen LogP contribution < -0.4 is 10.6 Å². The molecule has 2 amide bonds. The molecule has 1 aromatic heterocycles. The molecule has 29 heavy (non-hydrogen) atoms. The van der Waals surface area contributed by atoms with Crippen LogP contribution in [0, 0.1) is 0 Å². The summed E-state index contributed by atoms with van der Waals surface area (Å²) in [5.74, 6) is -2.56. The average molecular weight is 428 g/mol. The summed E-state index contributed by atoms with van der Waals surface area (Å²) in [7, 11) is 0. The van der Waals surface area contributed by atoms with Gasteiger partial charge in [-0.3, -0.25) is 14.4 Å². The quantitative estimate of drug-likeness (QED) is 0.569. The number of halogens is 3. The smallest absolute Gasteiger partial charge is 0.405 e. The lowest BCUT2D eigenvalue weighted by Gasteiger charge is -2.13. The minimum absolute atomic E-state index is 0.00554. The minimum Gasteiger partial charge on any atom is -0.481 e. The van der Waals surface area contributed by atoms with Gasteiger partial charge in [0, 0.05) is 22.9 Å². The van der Waals surface area contributed by atoms with Gasteiger partial charge in [-0.15, -0.1) is 11.3 Å². The van der Waals surface area contributed by atoms with Crippen LogP contribution >= 0.6 is 11.3 Å². The van der Waals surface area contributed by atoms with Crippen LogP contribution in [-0.2, 0) is 20.8 Å². The fourth-order valence-corrected chi connectivity index (χ4v) is 3.43. The monoisotopic (exact) mass is 428 g/mol. The first-order valence-corrected chi connectivity index (χ1v) is 9.48. The van der Waals surface area contributed by atoms with Crippen molar-refractivity contribution in [2.75, 3.05) is 11.9 Å². The number of rotatable bonds is 9. The van der Waals surface area contributed by atoms with Gasteiger partial charge in [0.2, 0.25) is 11.8 Å². The van der Waals surface area contributed by atoms with Crippen LogP contribution in [0.15, 0.2) is 41.8 Å². The number of amides is 2. The third-order valence-electron chi connectivity index (χ3n) is 3.89. The summed E-state index contributed by atoms with van der Waals surface area (Å²) in [6, 6.07) is 9.68. The third kappa shape index (κ3) is 8.34. The molecule has 1 aromatic carbocycles. The summed E-state index contributed by atoms with van der Waals surface area (Å²) >= 11 is 1.38. The Morgan fingerprint density at radius 3 is 2.28 bits per heavy atom. The molecule has 1 heterocycles. The molecule has 0 aliphatic rings. The number of hydrogen-bond acceptors (Lipinski definition) is 4.